The number of rotatable bonds is 4. The maximum atomic E-state index is 13.2. The van der Waals surface area contributed by atoms with Gasteiger partial charge < -0.3 is 4.90 Å². The number of aromatic nitrogens is 6. The van der Waals surface area contributed by atoms with E-state index >= 15 is 0 Å². The average Bonchev–Trinajstić information content (AvgIpc) is 3.35. The standard InChI is InChI=1S/C17H15F4N7S/c1-26-3-2-8-11(5-26)29-17-13(8)16-23-12(25-28(16)7-22-17)6-27-10(15(20)21)4-9(24-27)14(18)19/h4,7,14-15H,2-3,5-6H2,1H3. The molecule has 0 N–H and O–H groups in total. The molecule has 0 radical (unpaired) electrons. The molecule has 0 aromatic carbocycles. The predicted molar refractivity (Wildman–Crippen MR) is 97.4 cm³/mol. The number of alkyl halides is 4. The molecule has 0 bridgehead atoms. The first-order valence-corrected chi connectivity index (χ1v) is 9.69. The Morgan fingerprint density at radius 3 is 2.76 bits per heavy atom. The highest BCUT2D eigenvalue weighted by Gasteiger charge is 2.24. The molecule has 4 aromatic heterocycles. The zero-order chi connectivity index (χ0) is 20.3. The van der Waals surface area contributed by atoms with Crippen molar-refractivity contribution in [1.29, 1.82) is 0 Å². The summed E-state index contributed by atoms with van der Waals surface area (Å²) >= 11 is 1.61. The molecule has 0 amide bonds. The van der Waals surface area contributed by atoms with Crippen LogP contribution in [0.5, 0.6) is 0 Å². The van der Waals surface area contributed by atoms with Gasteiger partial charge in [0.15, 0.2) is 11.5 Å². The monoisotopic (exact) mass is 425 g/mol. The van der Waals surface area contributed by atoms with E-state index in [0.717, 1.165) is 40.5 Å². The summed E-state index contributed by atoms with van der Waals surface area (Å²) in [6.45, 7) is 1.53. The number of thiophene rings is 1. The van der Waals surface area contributed by atoms with Crippen LogP contribution < -0.4 is 0 Å². The zero-order valence-corrected chi connectivity index (χ0v) is 16.0. The second-order valence-corrected chi connectivity index (χ2v) is 8.05. The lowest BCUT2D eigenvalue weighted by molar-refractivity contribution is 0.139. The SMILES string of the molecule is CN1CCc2c(sc3ncn4nc(Cn5nc(C(F)F)cc5C(F)F)nc4c23)C1. The van der Waals surface area contributed by atoms with E-state index in [1.165, 1.54) is 21.3 Å². The second kappa shape index (κ2) is 6.73. The third-order valence-electron chi connectivity index (χ3n) is 4.98. The van der Waals surface area contributed by atoms with Gasteiger partial charge in [-0.3, -0.25) is 4.68 Å². The molecule has 0 aliphatic carbocycles. The van der Waals surface area contributed by atoms with Crippen LogP contribution in [-0.2, 0) is 19.5 Å². The first-order chi connectivity index (χ1) is 13.9. The van der Waals surface area contributed by atoms with E-state index in [4.69, 9.17) is 0 Å². The first kappa shape index (κ1) is 18.4. The molecule has 29 heavy (non-hydrogen) atoms. The number of hydrogen-bond donors (Lipinski definition) is 0. The third-order valence-corrected chi connectivity index (χ3v) is 6.11. The van der Waals surface area contributed by atoms with E-state index in [1.807, 2.05) is 0 Å². The normalized spacial score (nSPS) is 15.3. The van der Waals surface area contributed by atoms with Crippen LogP contribution in [0.3, 0.4) is 0 Å². The fourth-order valence-electron chi connectivity index (χ4n) is 3.63. The van der Waals surface area contributed by atoms with E-state index in [1.54, 1.807) is 11.3 Å². The lowest BCUT2D eigenvalue weighted by Gasteiger charge is -2.21. The highest BCUT2D eigenvalue weighted by molar-refractivity contribution is 7.19. The quantitative estimate of drug-likeness (QED) is 0.469. The Labute approximate surface area is 165 Å². The lowest BCUT2D eigenvalue weighted by Crippen LogP contribution is -2.25. The van der Waals surface area contributed by atoms with Gasteiger partial charge in [-0.1, -0.05) is 0 Å². The number of halogens is 4. The fourth-order valence-corrected chi connectivity index (χ4v) is 4.89. The van der Waals surface area contributed by atoms with E-state index in [0.29, 0.717) is 5.65 Å². The van der Waals surface area contributed by atoms with Crippen molar-refractivity contribution in [3.05, 3.63) is 40.0 Å². The summed E-state index contributed by atoms with van der Waals surface area (Å²) < 4.78 is 54.6. The van der Waals surface area contributed by atoms with Crippen LogP contribution in [0.4, 0.5) is 17.6 Å². The second-order valence-electron chi connectivity index (χ2n) is 6.97. The molecule has 0 saturated carbocycles. The lowest BCUT2D eigenvalue weighted by atomic mass is 10.1. The molecule has 0 atom stereocenters. The molecular weight excluding hydrogens is 410 g/mol. The van der Waals surface area contributed by atoms with Crippen LogP contribution in [-0.4, -0.2) is 47.9 Å². The Hall–Kier alpha value is -2.60. The molecule has 5 heterocycles. The summed E-state index contributed by atoms with van der Waals surface area (Å²) in [6.07, 6.45) is -3.47. The van der Waals surface area contributed by atoms with Gasteiger partial charge in [-0.25, -0.2) is 32.0 Å². The summed E-state index contributed by atoms with van der Waals surface area (Å²) in [5.74, 6) is 0.206. The molecule has 0 spiro atoms. The van der Waals surface area contributed by atoms with Crippen molar-refractivity contribution in [2.75, 3.05) is 13.6 Å². The van der Waals surface area contributed by atoms with Crippen molar-refractivity contribution < 1.29 is 17.6 Å². The number of likely N-dealkylation sites (N-methyl/N-ethyl adjacent to an activating group) is 1. The Morgan fingerprint density at radius 2 is 2.00 bits per heavy atom. The van der Waals surface area contributed by atoms with Crippen LogP contribution >= 0.6 is 11.3 Å². The Morgan fingerprint density at radius 1 is 1.17 bits per heavy atom. The van der Waals surface area contributed by atoms with Gasteiger partial charge >= 0.3 is 0 Å². The van der Waals surface area contributed by atoms with Crippen molar-refractivity contribution in [2.45, 2.75) is 32.4 Å². The van der Waals surface area contributed by atoms with Crippen LogP contribution in [0.25, 0.3) is 15.9 Å². The zero-order valence-electron chi connectivity index (χ0n) is 15.2. The smallest absolute Gasteiger partial charge is 0.282 e. The van der Waals surface area contributed by atoms with Crippen molar-refractivity contribution >= 4 is 27.2 Å². The van der Waals surface area contributed by atoms with Crippen LogP contribution in [0.1, 0.15) is 40.5 Å². The van der Waals surface area contributed by atoms with E-state index in [-0.39, 0.29) is 12.4 Å². The summed E-state index contributed by atoms with van der Waals surface area (Å²) in [5.41, 5.74) is 0.502. The van der Waals surface area contributed by atoms with Gasteiger partial charge in [0.05, 0.1) is 5.39 Å². The number of hydrogen-bond acceptors (Lipinski definition) is 6. The van der Waals surface area contributed by atoms with Gasteiger partial charge in [0.1, 0.15) is 29.1 Å². The minimum atomic E-state index is -2.93. The Balaban J connectivity index is 1.58. The van der Waals surface area contributed by atoms with E-state index in [9.17, 15) is 17.6 Å². The average molecular weight is 425 g/mol. The highest BCUT2D eigenvalue weighted by atomic mass is 32.1. The van der Waals surface area contributed by atoms with Crippen LogP contribution in [0.2, 0.25) is 0 Å². The topological polar surface area (TPSA) is 64.1 Å². The summed E-state index contributed by atoms with van der Waals surface area (Å²) in [5, 5.41) is 8.82. The van der Waals surface area contributed by atoms with Gasteiger partial charge in [-0.15, -0.1) is 16.4 Å². The van der Waals surface area contributed by atoms with E-state index in [2.05, 4.69) is 32.1 Å². The van der Waals surface area contributed by atoms with Crippen molar-refractivity contribution in [1.82, 2.24) is 34.3 Å². The van der Waals surface area contributed by atoms with Gasteiger partial charge in [-0.2, -0.15) is 5.10 Å². The molecule has 0 fully saturated rings. The molecule has 152 valence electrons. The van der Waals surface area contributed by atoms with E-state index < -0.39 is 24.2 Å². The third kappa shape index (κ3) is 3.06. The van der Waals surface area contributed by atoms with Gasteiger partial charge in [0.2, 0.25) is 0 Å². The molecule has 12 heteroatoms. The van der Waals surface area contributed by atoms with Crippen LogP contribution in [0.15, 0.2) is 12.4 Å². The molecule has 5 rings (SSSR count). The van der Waals surface area contributed by atoms with Gasteiger partial charge in [0.25, 0.3) is 12.9 Å². The molecular formula is C17H15F4N7S. The Kier molecular flexibility index (Phi) is 4.28. The Bertz CT molecular complexity index is 1210. The predicted octanol–water partition coefficient (Wildman–Crippen LogP) is 3.45. The summed E-state index contributed by atoms with van der Waals surface area (Å²) in [4.78, 5) is 13.3. The molecule has 4 aromatic rings. The highest BCUT2D eigenvalue weighted by Crippen LogP contribution is 2.35. The number of fused-ring (bicyclic) bond motifs is 5. The number of nitrogens with zero attached hydrogens (tertiary/aromatic N) is 7. The van der Waals surface area contributed by atoms with Crippen molar-refractivity contribution in [3.8, 4) is 0 Å². The molecule has 7 nitrogen and oxygen atoms in total. The van der Waals surface area contributed by atoms with Crippen LogP contribution in [0, 0.1) is 0 Å². The van der Waals surface area contributed by atoms with Gasteiger partial charge in [0, 0.05) is 18.0 Å². The minimum absolute atomic E-state index is 0.206. The molecule has 0 saturated heterocycles. The summed E-state index contributed by atoms with van der Waals surface area (Å²) in [7, 11) is 2.06. The van der Waals surface area contributed by atoms with Gasteiger partial charge in [-0.05, 0) is 25.1 Å². The maximum absolute atomic E-state index is 13.2. The summed E-state index contributed by atoms with van der Waals surface area (Å²) in [6, 6.07) is 0.719. The fraction of sp³-hybridized carbons (Fsp3) is 0.412. The largest absolute Gasteiger partial charge is 0.301 e. The first-order valence-electron chi connectivity index (χ1n) is 8.87. The van der Waals surface area contributed by atoms with Crippen molar-refractivity contribution in [2.24, 2.45) is 0 Å². The van der Waals surface area contributed by atoms with Crippen molar-refractivity contribution in [3.63, 3.8) is 0 Å². The molecule has 1 aliphatic rings. The minimum Gasteiger partial charge on any atom is -0.301 e. The molecule has 0 unspecified atom stereocenters. The maximum Gasteiger partial charge on any atom is 0.282 e. The molecule has 1 aliphatic heterocycles.